The molecule has 2 aromatic rings. The molecule has 0 amide bonds. The van der Waals surface area contributed by atoms with Gasteiger partial charge < -0.3 is 19.4 Å². The van der Waals surface area contributed by atoms with E-state index in [0.717, 1.165) is 0 Å². The van der Waals surface area contributed by atoms with Gasteiger partial charge in [-0.15, -0.1) is 0 Å². The van der Waals surface area contributed by atoms with Crippen molar-refractivity contribution in [2.24, 2.45) is 10.6 Å². The first-order valence-corrected chi connectivity index (χ1v) is 9.55. The zero-order valence-corrected chi connectivity index (χ0v) is 18.2. The predicted octanol–water partition coefficient (Wildman–Crippen LogP) is 5.43. The van der Waals surface area contributed by atoms with Crippen LogP contribution in [-0.4, -0.2) is 30.5 Å². The number of nitrogens with zero attached hydrogens (tertiary/aromatic N) is 1. The van der Waals surface area contributed by atoms with Crippen LogP contribution in [0.25, 0.3) is 0 Å². The van der Waals surface area contributed by atoms with Gasteiger partial charge in [0.05, 0.1) is 16.7 Å². The number of carboxylic acid groups (broad SMARTS) is 1. The van der Waals surface area contributed by atoms with Gasteiger partial charge in [0, 0.05) is 17.7 Å². The lowest BCUT2D eigenvalue weighted by Crippen LogP contribution is -2.17. The topological polar surface area (TPSA) is 77.4 Å². The highest BCUT2D eigenvalue weighted by atomic mass is 35.5. The van der Waals surface area contributed by atoms with Crippen LogP contribution in [0.2, 0.25) is 10.0 Å². The van der Waals surface area contributed by atoms with Crippen molar-refractivity contribution in [3.63, 3.8) is 0 Å². The van der Waals surface area contributed by atoms with E-state index in [2.05, 4.69) is 9.99 Å². The zero-order valence-electron chi connectivity index (χ0n) is 16.7. The Morgan fingerprint density at radius 3 is 2.28 bits per heavy atom. The highest BCUT2D eigenvalue weighted by molar-refractivity contribution is 6.42. The van der Waals surface area contributed by atoms with Gasteiger partial charge >= 0.3 is 5.97 Å². The lowest BCUT2D eigenvalue weighted by atomic mass is 9.99. The van der Waals surface area contributed by atoms with Crippen LogP contribution in [0.15, 0.2) is 41.6 Å². The molecule has 0 radical (unpaired) electrons. The SMILES string of the molecule is CO/N=C(/C(=O)O)c1ccccc1COc1cc(Cl)c(OCC(C)(C)C)c(Cl)c1. The number of ether oxygens (including phenoxy) is 2. The molecule has 0 saturated carbocycles. The largest absolute Gasteiger partial charge is 0.490 e. The van der Waals surface area contributed by atoms with Crippen LogP contribution in [0, 0.1) is 5.41 Å². The van der Waals surface area contributed by atoms with Crippen molar-refractivity contribution in [2.75, 3.05) is 13.7 Å². The summed E-state index contributed by atoms with van der Waals surface area (Å²) in [5.74, 6) is -0.374. The van der Waals surface area contributed by atoms with Crippen molar-refractivity contribution in [2.45, 2.75) is 27.4 Å². The highest BCUT2D eigenvalue weighted by Gasteiger charge is 2.19. The Kier molecular flexibility index (Phi) is 7.76. The standard InChI is InChI=1S/C21H23Cl2NO5/c1-21(2,3)12-29-19-16(22)9-14(10-17(19)23)28-11-13-7-5-6-8-15(13)18(20(25)26)24-27-4/h5-10H,11-12H2,1-4H3,(H,25,26)/b24-18+. The molecule has 1 N–H and O–H groups in total. The Morgan fingerprint density at radius 1 is 1.10 bits per heavy atom. The van der Waals surface area contributed by atoms with Gasteiger partial charge in [-0.2, -0.15) is 0 Å². The Morgan fingerprint density at radius 2 is 1.72 bits per heavy atom. The fourth-order valence-electron chi connectivity index (χ4n) is 2.38. The maximum absolute atomic E-state index is 11.5. The van der Waals surface area contributed by atoms with Gasteiger partial charge in [-0.05, 0) is 11.0 Å². The first kappa shape index (κ1) is 22.8. The van der Waals surface area contributed by atoms with E-state index in [0.29, 0.717) is 39.3 Å². The summed E-state index contributed by atoms with van der Waals surface area (Å²) in [4.78, 5) is 16.1. The maximum Gasteiger partial charge on any atom is 0.358 e. The van der Waals surface area contributed by atoms with Crippen LogP contribution >= 0.6 is 23.2 Å². The Bertz CT molecular complexity index is 883. The van der Waals surface area contributed by atoms with Gasteiger partial charge in [-0.1, -0.05) is 73.4 Å². The second kappa shape index (κ2) is 9.85. The lowest BCUT2D eigenvalue weighted by Gasteiger charge is -2.20. The van der Waals surface area contributed by atoms with E-state index in [4.69, 9.17) is 32.7 Å². The van der Waals surface area contributed by atoms with E-state index in [-0.39, 0.29) is 17.7 Å². The minimum atomic E-state index is -1.20. The number of hydrogen-bond donors (Lipinski definition) is 1. The molecule has 0 aromatic heterocycles. The Hall–Kier alpha value is -2.44. The number of rotatable bonds is 8. The molecule has 156 valence electrons. The van der Waals surface area contributed by atoms with Crippen LogP contribution in [0.5, 0.6) is 11.5 Å². The summed E-state index contributed by atoms with van der Waals surface area (Å²) < 4.78 is 11.5. The van der Waals surface area contributed by atoms with E-state index in [9.17, 15) is 9.90 Å². The Labute approximate surface area is 180 Å². The van der Waals surface area contributed by atoms with E-state index in [1.807, 2.05) is 20.8 Å². The van der Waals surface area contributed by atoms with Crippen molar-refractivity contribution in [1.82, 2.24) is 0 Å². The predicted molar refractivity (Wildman–Crippen MR) is 113 cm³/mol. The number of hydrogen-bond acceptors (Lipinski definition) is 5. The maximum atomic E-state index is 11.5. The molecule has 0 fully saturated rings. The molecule has 8 heteroatoms. The fourth-order valence-corrected chi connectivity index (χ4v) is 2.96. The smallest absolute Gasteiger partial charge is 0.358 e. The van der Waals surface area contributed by atoms with Crippen LogP contribution in [0.3, 0.4) is 0 Å². The summed E-state index contributed by atoms with van der Waals surface area (Å²) in [6.07, 6.45) is 0. The number of aliphatic carboxylic acids is 1. The molecule has 0 bridgehead atoms. The number of carboxylic acids is 1. The van der Waals surface area contributed by atoms with Crippen molar-refractivity contribution in [1.29, 1.82) is 0 Å². The van der Waals surface area contributed by atoms with Gasteiger partial charge in [0.1, 0.15) is 19.5 Å². The lowest BCUT2D eigenvalue weighted by molar-refractivity contribution is -0.129. The second-order valence-electron chi connectivity index (χ2n) is 7.44. The summed E-state index contributed by atoms with van der Waals surface area (Å²) in [5.41, 5.74) is 0.751. The van der Waals surface area contributed by atoms with E-state index in [1.165, 1.54) is 7.11 Å². The summed E-state index contributed by atoms with van der Waals surface area (Å²) in [5, 5.41) is 13.6. The monoisotopic (exact) mass is 439 g/mol. The number of oxime groups is 1. The first-order valence-electron chi connectivity index (χ1n) is 8.79. The highest BCUT2D eigenvalue weighted by Crippen LogP contribution is 2.38. The van der Waals surface area contributed by atoms with Gasteiger partial charge in [0.2, 0.25) is 0 Å². The zero-order chi connectivity index (χ0) is 21.6. The average Bonchev–Trinajstić information content (AvgIpc) is 2.63. The molecule has 0 aliphatic heterocycles. The molecule has 0 unspecified atom stereocenters. The molecule has 0 heterocycles. The summed E-state index contributed by atoms with van der Waals surface area (Å²) >= 11 is 12.6. The average molecular weight is 440 g/mol. The molecule has 0 aliphatic carbocycles. The van der Waals surface area contributed by atoms with Crippen LogP contribution < -0.4 is 9.47 Å². The van der Waals surface area contributed by atoms with E-state index < -0.39 is 5.97 Å². The summed E-state index contributed by atoms with van der Waals surface area (Å²) in [7, 11) is 1.29. The Balaban J connectivity index is 2.21. The normalized spacial score (nSPS) is 11.9. The first-order chi connectivity index (χ1) is 13.6. The van der Waals surface area contributed by atoms with Crippen molar-refractivity contribution >= 4 is 34.9 Å². The van der Waals surface area contributed by atoms with Gasteiger partial charge in [-0.3, -0.25) is 0 Å². The third kappa shape index (κ3) is 6.54. The van der Waals surface area contributed by atoms with Gasteiger partial charge in [0.25, 0.3) is 0 Å². The summed E-state index contributed by atoms with van der Waals surface area (Å²) in [6, 6.07) is 10.1. The minimum Gasteiger partial charge on any atom is -0.490 e. The molecule has 0 spiro atoms. The molecule has 2 aromatic carbocycles. The van der Waals surface area contributed by atoms with E-state index >= 15 is 0 Å². The molecule has 6 nitrogen and oxygen atoms in total. The van der Waals surface area contributed by atoms with Gasteiger partial charge in [0.15, 0.2) is 11.5 Å². The van der Waals surface area contributed by atoms with Crippen LogP contribution in [-0.2, 0) is 16.2 Å². The minimum absolute atomic E-state index is 0.0445. The van der Waals surface area contributed by atoms with Gasteiger partial charge in [-0.25, -0.2) is 4.79 Å². The van der Waals surface area contributed by atoms with Crippen molar-refractivity contribution in [3.8, 4) is 11.5 Å². The van der Waals surface area contributed by atoms with Crippen molar-refractivity contribution < 1.29 is 24.2 Å². The number of benzene rings is 2. The molecule has 2 rings (SSSR count). The van der Waals surface area contributed by atoms with E-state index in [1.54, 1.807) is 36.4 Å². The molecular weight excluding hydrogens is 417 g/mol. The molecule has 0 aliphatic rings. The fraction of sp³-hybridized carbons (Fsp3) is 0.333. The third-order valence-electron chi connectivity index (χ3n) is 3.67. The third-order valence-corrected chi connectivity index (χ3v) is 4.23. The molecular formula is C21H23Cl2NO5. The summed E-state index contributed by atoms with van der Waals surface area (Å²) in [6.45, 7) is 6.67. The quantitative estimate of drug-likeness (QED) is 0.437. The number of carbonyl (C=O) groups is 1. The van der Waals surface area contributed by atoms with Crippen LogP contribution in [0.1, 0.15) is 31.9 Å². The second-order valence-corrected chi connectivity index (χ2v) is 8.25. The molecule has 29 heavy (non-hydrogen) atoms. The number of halogens is 2. The van der Waals surface area contributed by atoms with Crippen LogP contribution in [0.4, 0.5) is 0 Å². The van der Waals surface area contributed by atoms with Crippen molar-refractivity contribution in [3.05, 3.63) is 57.6 Å². The molecule has 0 atom stereocenters. The molecule has 0 saturated heterocycles.